The number of hydrogen-bond donors (Lipinski definition) is 2. The molecule has 84 valence electrons. The number of benzene rings is 1. The molecule has 0 bridgehead atoms. The number of rotatable bonds is 2. The summed E-state index contributed by atoms with van der Waals surface area (Å²) < 4.78 is 0. The highest BCUT2D eigenvalue weighted by Gasteiger charge is 2.31. The topological polar surface area (TPSA) is 54.7 Å². The van der Waals surface area contributed by atoms with Crippen LogP contribution in [0.25, 0.3) is 11.0 Å². The molecule has 0 aliphatic heterocycles. The average Bonchev–Trinajstić information content (AvgIpc) is 2.97. The van der Waals surface area contributed by atoms with Crippen molar-refractivity contribution in [1.29, 1.82) is 0 Å². The van der Waals surface area contributed by atoms with Gasteiger partial charge in [0.2, 0.25) is 0 Å². The number of fused-ring (bicyclic) bond motifs is 1. The molecule has 1 aliphatic carbocycles. The Morgan fingerprint density at radius 2 is 2.12 bits per heavy atom. The van der Waals surface area contributed by atoms with Crippen molar-refractivity contribution in [1.82, 2.24) is 9.97 Å². The molecule has 16 heavy (non-hydrogen) atoms. The monoisotopic (exact) mass is 215 g/mol. The molecule has 2 aromatic rings. The first kappa shape index (κ1) is 9.85. The number of aryl methyl sites for hydroxylation is 2. The van der Waals surface area contributed by atoms with Gasteiger partial charge in [-0.15, -0.1) is 0 Å². The number of H-pyrrole nitrogens is 1. The molecular formula is C13H17N3. The predicted octanol–water partition coefficient (Wildman–Crippen LogP) is 2.59. The molecule has 3 rings (SSSR count). The highest BCUT2D eigenvalue weighted by Crippen LogP contribution is 2.39. The lowest BCUT2D eigenvalue weighted by atomic mass is 10.1. The van der Waals surface area contributed by atoms with Crippen LogP contribution in [0.4, 0.5) is 0 Å². The van der Waals surface area contributed by atoms with E-state index in [-0.39, 0.29) is 6.04 Å². The third kappa shape index (κ3) is 1.52. The zero-order valence-corrected chi connectivity index (χ0v) is 9.75. The van der Waals surface area contributed by atoms with E-state index in [1.165, 1.54) is 24.0 Å². The van der Waals surface area contributed by atoms with Crippen molar-refractivity contribution in [2.45, 2.75) is 32.7 Å². The maximum absolute atomic E-state index is 6.16. The standard InChI is InChI=1S/C13H17N3/c1-7-5-8(2)12-10(6-7)15-13(16-12)11(14)9-3-4-9/h5-6,9,11H,3-4,14H2,1-2H3,(H,15,16). The molecule has 3 N–H and O–H groups in total. The molecule has 1 fully saturated rings. The second-order valence-corrected chi connectivity index (χ2v) is 4.96. The van der Waals surface area contributed by atoms with Crippen LogP contribution in [0, 0.1) is 19.8 Å². The van der Waals surface area contributed by atoms with E-state index >= 15 is 0 Å². The number of aromatic amines is 1. The van der Waals surface area contributed by atoms with Crippen molar-refractivity contribution in [2.75, 3.05) is 0 Å². The summed E-state index contributed by atoms with van der Waals surface area (Å²) in [5.41, 5.74) is 10.8. The average molecular weight is 215 g/mol. The van der Waals surface area contributed by atoms with Crippen molar-refractivity contribution >= 4 is 11.0 Å². The SMILES string of the molecule is Cc1cc(C)c2nc(C(N)C3CC3)[nH]c2c1. The lowest BCUT2D eigenvalue weighted by Crippen LogP contribution is -2.13. The third-order valence-corrected chi connectivity index (χ3v) is 3.39. The molecule has 1 atom stereocenters. The van der Waals surface area contributed by atoms with E-state index < -0.39 is 0 Å². The fraction of sp³-hybridized carbons (Fsp3) is 0.462. The summed E-state index contributed by atoms with van der Waals surface area (Å²) in [6, 6.07) is 4.39. The maximum atomic E-state index is 6.16. The molecule has 0 amide bonds. The van der Waals surface area contributed by atoms with E-state index in [2.05, 4.69) is 35.9 Å². The first-order valence-corrected chi connectivity index (χ1v) is 5.87. The second kappa shape index (κ2) is 3.32. The van der Waals surface area contributed by atoms with Crippen LogP contribution in [0.2, 0.25) is 0 Å². The maximum Gasteiger partial charge on any atom is 0.124 e. The Labute approximate surface area is 95.1 Å². The van der Waals surface area contributed by atoms with Gasteiger partial charge < -0.3 is 10.7 Å². The fourth-order valence-corrected chi connectivity index (χ4v) is 2.33. The summed E-state index contributed by atoms with van der Waals surface area (Å²) in [7, 11) is 0. The van der Waals surface area contributed by atoms with E-state index in [0.29, 0.717) is 5.92 Å². The van der Waals surface area contributed by atoms with Gasteiger partial charge in [0.25, 0.3) is 0 Å². The van der Waals surface area contributed by atoms with Gasteiger partial charge in [-0.05, 0) is 49.8 Å². The molecule has 0 saturated heterocycles. The van der Waals surface area contributed by atoms with Crippen LogP contribution < -0.4 is 5.73 Å². The lowest BCUT2D eigenvalue weighted by molar-refractivity contribution is 0.602. The Morgan fingerprint density at radius 1 is 1.38 bits per heavy atom. The van der Waals surface area contributed by atoms with Gasteiger partial charge in [0.1, 0.15) is 5.82 Å². The molecular weight excluding hydrogens is 198 g/mol. The van der Waals surface area contributed by atoms with Crippen LogP contribution in [0.1, 0.15) is 35.8 Å². The van der Waals surface area contributed by atoms with E-state index in [9.17, 15) is 0 Å². The number of imidazole rings is 1. The van der Waals surface area contributed by atoms with Gasteiger partial charge in [-0.25, -0.2) is 4.98 Å². The number of hydrogen-bond acceptors (Lipinski definition) is 2. The highest BCUT2D eigenvalue weighted by molar-refractivity contribution is 5.79. The second-order valence-electron chi connectivity index (χ2n) is 4.96. The normalized spacial score (nSPS) is 17.9. The summed E-state index contributed by atoms with van der Waals surface area (Å²) in [5, 5.41) is 0. The first-order valence-electron chi connectivity index (χ1n) is 5.87. The molecule has 1 unspecified atom stereocenters. The van der Waals surface area contributed by atoms with Gasteiger partial charge in [0, 0.05) is 0 Å². The minimum absolute atomic E-state index is 0.0899. The van der Waals surface area contributed by atoms with Crippen LogP contribution in [0.15, 0.2) is 12.1 Å². The molecule has 3 heteroatoms. The molecule has 0 radical (unpaired) electrons. The largest absolute Gasteiger partial charge is 0.341 e. The van der Waals surface area contributed by atoms with E-state index in [1.807, 2.05) is 0 Å². The van der Waals surface area contributed by atoms with Gasteiger partial charge in [-0.1, -0.05) is 6.07 Å². The number of nitrogens with two attached hydrogens (primary N) is 1. The van der Waals surface area contributed by atoms with Crippen LogP contribution in [-0.4, -0.2) is 9.97 Å². The van der Waals surface area contributed by atoms with E-state index in [0.717, 1.165) is 16.9 Å². The molecule has 1 aliphatic rings. The smallest absolute Gasteiger partial charge is 0.124 e. The van der Waals surface area contributed by atoms with Crippen molar-refractivity contribution < 1.29 is 0 Å². The Hall–Kier alpha value is -1.35. The lowest BCUT2D eigenvalue weighted by Gasteiger charge is -2.04. The third-order valence-electron chi connectivity index (χ3n) is 3.39. The molecule has 1 saturated carbocycles. The summed E-state index contributed by atoms with van der Waals surface area (Å²) >= 11 is 0. The number of aromatic nitrogens is 2. The molecule has 1 heterocycles. The summed E-state index contributed by atoms with van der Waals surface area (Å²) in [5.74, 6) is 1.59. The Kier molecular flexibility index (Phi) is 2.04. The van der Waals surface area contributed by atoms with Crippen molar-refractivity contribution in [3.63, 3.8) is 0 Å². The summed E-state index contributed by atoms with van der Waals surface area (Å²) in [6.45, 7) is 4.20. The van der Waals surface area contributed by atoms with E-state index in [4.69, 9.17) is 5.73 Å². The van der Waals surface area contributed by atoms with Gasteiger partial charge in [0.15, 0.2) is 0 Å². The van der Waals surface area contributed by atoms with Gasteiger partial charge in [-0.2, -0.15) is 0 Å². The van der Waals surface area contributed by atoms with Gasteiger partial charge in [0.05, 0.1) is 17.1 Å². The molecule has 3 nitrogen and oxygen atoms in total. The predicted molar refractivity (Wildman–Crippen MR) is 65.2 cm³/mol. The molecule has 1 aromatic heterocycles. The van der Waals surface area contributed by atoms with Crippen LogP contribution >= 0.6 is 0 Å². The number of nitrogens with zero attached hydrogens (tertiary/aromatic N) is 1. The van der Waals surface area contributed by atoms with Crippen molar-refractivity contribution in [3.05, 3.63) is 29.1 Å². The Balaban J connectivity index is 2.11. The Bertz CT molecular complexity index is 537. The van der Waals surface area contributed by atoms with Crippen LogP contribution in [-0.2, 0) is 0 Å². The van der Waals surface area contributed by atoms with E-state index in [1.54, 1.807) is 0 Å². The fourth-order valence-electron chi connectivity index (χ4n) is 2.33. The Morgan fingerprint density at radius 3 is 2.81 bits per heavy atom. The zero-order valence-electron chi connectivity index (χ0n) is 9.75. The van der Waals surface area contributed by atoms with Crippen LogP contribution in [0.3, 0.4) is 0 Å². The van der Waals surface area contributed by atoms with Crippen LogP contribution in [0.5, 0.6) is 0 Å². The first-order chi connectivity index (χ1) is 7.65. The summed E-state index contributed by atoms with van der Waals surface area (Å²) in [6.07, 6.45) is 2.49. The molecule has 1 aromatic carbocycles. The summed E-state index contributed by atoms with van der Waals surface area (Å²) in [4.78, 5) is 8.00. The van der Waals surface area contributed by atoms with Gasteiger partial charge in [-0.3, -0.25) is 0 Å². The van der Waals surface area contributed by atoms with Gasteiger partial charge >= 0.3 is 0 Å². The number of nitrogens with one attached hydrogen (secondary N) is 1. The van der Waals surface area contributed by atoms with Crippen molar-refractivity contribution in [3.8, 4) is 0 Å². The minimum Gasteiger partial charge on any atom is -0.341 e. The van der Waals surface area contributed by atoms with Crippen molar-refractivity contribution in [2.24, 2.45) is 11.7 Å². The highest BCUT2D eigenvalue weighted by atomic mass is 15.0. The quantitative estimate of drug-likeness (QED) is 0.809. The minimum atomic E-state index is 0.0899. The zero-order chi connectivity index (χ0) is 11.3. The molecule has 0 spiro atoms.